The third-order valence-electron chi connectivity index (χ3n) is 4.80. The maximum atomic E-state index is 6.42. The minimum Gasteiger partial charge on any atom is -0.490 e. The molecule has 3 heteroatoms. The van der Waals surface area contributed by atoms with E-state index in [1.807, 2.05) is 0 Å². The van der Waals surface area contributed by atoms with Crippen molar-refractivity contribution in [1.29, 1.82) is 0 Å². The lowest BCUT2D eigenvalue weighted by Gasteiger charge is -2.52. The highest BCUT2D eigenvalue weighted by atomic mass is 35.5. The average Bonchev–Trinajstić information content (AvgIpc) is 2.47. The van der Waals surface area contributed by atoms with Crippen LogP contribution in [-0.2, 0) is 11.2 Å². The van der Waals surface area contributed by atoms with Crippen molar-refractivity contribution in [3.63, 3.8) is 0 Å². The van der Waals surface area contributed by atoms with Crippen LogP contribution in [0.4, 0.5) is 0 Å². The molecule has 0 N–H and O–H groups in total. The van der Waals surface area contributed by atoms with Gasteiger partial charge in [-0.1, -0.05) is 26.0 Å². The summed E-state index contributed by atoms with van der Waals surface area (Å²) in [6.07, 6.45) is 4.31. The standard InChI is InChI=1S/C17H25ClO2/c1-4-17(5-2)15(18)12-16(17)20-14-8-6-13(7-9-14)10-11-19-3/h6-9,15-16H,4-5,10-12H2,1-3H3. The largest absolute Gasteiger partial charge is 0.490 e. The average molecular weight is 297 g/mol. The van der Waals surface area contributed by atoms with Gasteiger partial charge >= 0.3 is 0 Å². The van der Waals surface area contributed by atoms with Crippen molar-refractivity contribution in [2.24, 2.45) is 5.41 Å². The molecule has 20 heavy (non-hydrogen) atoms. The van der Waals surface area contributed by atoms with Crippen molar-refractivity contribution in [1.82, 2.24) is 0 Å². The zero-order valence-corrected chi connectivity index (χ0v) is 13.5. The molecule has 0 heterocycles. The first-order chi connectivity index (χ1) is 9.66. The molecular formula is C17H25ClO2. The highest BCUT2D eigenvalue weighted by Gasteiger charge is 2.53. The van der Waals surface area contributed by atoms with E-state index in [0.29, 0.717) is 0 Å². The normalized spacial score (nSPS) is 24.2. The topological polar surface area (TPSA) is 18.5 Å². The van der Waals surface area contributed by atoms with Gasteiger partial charge in [0.1, 0.15) is 11.9 Å². The van der Waals surface area contributed by atoms with Gasteiger partial charge in [0.05, 0.1) is 6.61 Å². The summed E-state index contributed by atoms with van der Waals surface area (Å²) in [5, 5.41) is 0.253. The van der Waals surface area contributed by atoms with Crippen molar-refractivity contribution in [3.8, 4) is 5.75 Å². The smallest absolute Gasteiger partial charge is 0.119 e. The third-order valence-corrected chi connectivity index (χ3v) is 5.41. The van der Waals surface area contributed by atoms with Crippen molar-refractivity contribution in [2.45, 2.75) is 51.0 Å². The van der Waals surface area contributed by atoms with Crippen LogP contribution in [0.25, 0.3) is 0 Å². The van der Waals surface area contributed by atoms with E-state index >= 15 is 0 Å². The fourth-order valence-electron chi connectivity index (χ4n) is 3.13. The molecule has 112 valence electrons. The van der Waals surface area contributed by atoms with E-state index in [0.717, 1.165) is 38.0 Å². The van der Waals surface area contributed by atoms with E-state index in [4.69, 9.17) is 21.1 Å². The molecule has 1 aliphatic carbocycles. The lowest BCUT2D eigenvalue weighted by Crippen LogP contribution is -2.56. The summed E-state index contributed by atoms with van der Waals surface area (Å²) in [5.74, 6) is 0.950. The molecule has 0 radical (unpaired) electrons. The van der Waals surface area contributed by atoms with Gasteiger partial charge in [-0.3, -0.25) is 0 Å². The Balaban J connectivity index is 1.97. The van der Waals surface area contributed by atoms with Crippen LogP contribution in [0, 0.1) is 5.41 Å². The first kappa shape index (κ1) is 15.7. The number of halogens is 1. The first-order valence-corrected chi connectivity index (χ1v) is 7.98. The van der Waals surface area contributed by atoms with Gasteiger partial charge < -0.3 is 9.47 Å². The molecule has 0 saturated heterocycles. The maximum Gasteiger partial charge on any atom is 0.119 e. The monoisotopic (exact) mass is 296 g/mol. The summed E-state index contributed by atoms with van der Waals surface area (Å²) in [4.78, 5) is 0. The molecule has 1 saturated carbocycles. The Morgan fingerprint density at radius 1 is 1.20 bits per heavy atom. The molecule has 0 spiro atoms. The van der Waals surface area contributed by atoms with Gasteiger partial charge in [-0.15, -0.1) is 11.6 Å². The Morgan fingerprint density at radius 3 is 2.35 bits per heavy atom. The van der Waals surface area contributed by atoms with E-state index in [-0.39, 0.29) is 16.9 Å². The summed E-state index contributed by atoms with van der Waals surface area (Å²) in [7, 11) is 1.73. The molecule has 2 nitrogen and oxygen atoms in total. The van der Waals surface area contributed by atoms with Crippen LogP contribution in [0.1, 0.15) is 38.7 Å². The molecule has 0 aromatic heterocycles. The number of hydrogen-bond donors (Lipinski definition) is 0. The Kier molecular flexibility index (Phi) is 5.34. The van der Waals surface area contributed by atoms with Gasteiger partial charge in [-0.2, -0.15) is 0 Å². The second-order valence-corrected chi connectivity index (χ2v) is 6.16. The number of benzene rings is 1. The van der Waals surface area contributed by atoms with Gasteiger partial charge in [0.2, 0.25) is 0 Å². The molecule has 1 aliphatic rings. The third kappa shape index (κ3) is 2.96. The molecule has 1 aromatic rings. The first-order valence-electron chi connectivity index (χ1n) is 7.55. The van der Waals surface area contributed by atoms with Gasteiger partial charge in [-0.05, 0) is 37.0 Å². The minimum atomic E-state index is 0.149. The maximum absolute atomic E-state index is 6.42. The SMILES string of the molecule is CCC1(CC)C(Cl)CC1Oc1ccc(CCOC)cc1. The van der Waals surface area contributed by atoms with Gasteiger partial charge in [0.25, 0.3) is 0 Å². The zero-order chi connectivity index (χ0) is 14.6. The zero-order valence-electron chi connectivity index (χ0n) is 12.7. The molecule has 0 amide bonds. The number of hydrogen-bond acceptors (Lipinski definition) is 2. The van der Waals surface area contributed by atoms with Crippen LogP contribution < -0.4 is 4.74 Å². The minimum absolute atomic E-state index is 0.149. The Morgan fingerprint density at radius 2 is 1.85 bits per heavy atom. The van der Waals surface area contributed by atoms with Crippen molar-refractivity contribution < 1.29 is 9.47 Å². The molecule has 1 fully saturated rings. The molecular weight excluding hydrogens is 272 g/mol. The molecule has 0 bridgehead atoms. The van der Waals surface area contributed by atoms with Gasteiger partial charge in [-0.25, -0.2) is 0 Å². The van der Waals surface area contributed by atoms with E-state index in [1.54, 1.807) is 7.11 Å². The highest BCUT2D eigenvalue weighted by molar-refractivity contribution is 6.21. The lowest BCUT2D eigenvalue weighted by molar-refractivity contribution is -0.0462. The van der Waals surface area contributed by atoms with E-state index in [9.17, 15) is 0 Å². The predicted molar refractivity (Wildman–Crippen MR) is 83.7 cm³/mol. The molecule has 2 rings (SSSR count). The fraction of sp³-hybridized carbons (Fsp3) is 0.647. The summed E-state index contributed by atoms with van der Waals surface area (Å²) >= 11 is 6.42. The van der Waals surface area contributed by atoms with Gasteiger partial charge in [0.15, 0.2) is 0 Å². The fourth-order valence-corrected chi connectivity index (χ4v) is 3.74. The van der Waals surface area contributed by atoms with Crippen LogP contribution in [0.5, 0.6) is 5.75 Å². The van der Waals surface area contributed by atoms with Crippen LogP contribution in [0.2, 0.25) is 0 Å². The van der Waals surface area contributed by atoms with Crippen LogP contribution >= 0.6 is 11.6 Å². The van der Waals surface area contributed by atoms with Crippen molar-refractivity contribution >= 4 is 11.6 Å². The Bertz CT molecular complexity index is 412. The van der Waals surface area contributed by atoms with Crippen LogP contribution in [0.15, 0.2) is 24.3 Å². The number of alkyl halides is 1. The van der Waals surface area contributed by atoms with E-state index in [2.05, 4.69) is 38.1 Å². The summed E-state index contributed by atoms with van der Waals surface area (Å²) < 4.78 is 11.3. The number of rotatable bonds is 7. The van der Waals surface area contributed by atoms with Crippen molar-refractivity contribution in [3.05, 3.63) is 29.8 Å². The highest BCUT2D eigenvalue weighted by Crippen LogP contribution is 2.51. The predicted octanol–water partition coefficient (Wildman–Crippen LogP) is 4.44. The molecule has 2 unspecified atom stereocenters. The van der Waals surface area contributed by atoms with Crippen LogP contribution in [-0.4, -0.2) is 25.2 Å². The van der Waals surface area contributed by atoms with E-state index < -0.39 is 0 Å². The lowest BCUT2D eigenvalue weighted by atomic mass is 9.62. The molecule has 1 aromatic carbocycles. The second-order valence-electron chi connectivity index (χ2n) is 5.64. The summed E-state index contributed by atoms with van der Waals surface area (Å²) in [5.41, 5.74) is 1.43. The Hall–Kier alpha value is -0.730. The number of ether oxygens (including phenoxy) is 2. The quantitative estimate of drug-likeness (QED) is 0.693. The molecule has 0 aliphatic heterocycles. The van der Waals surface area contributed by atoms with E-state index in [1.165, 1.54) is 5.56 Å². The summed E-state index contributed by atoms with van der Waals surface area (Å²) in [6.45, 7) is 5.18. The Labute approximate surface area is 127 Å². The summed E-state index contributed by atoms with van der Waals surface area (Å²) in [6, 6.07) is 8.35. The van der Waals surface area contributed by atoms with Crippen molar-refractivity contribution in [2.75, 3.05) is 13.7 Å². The van der Waals surface area contributed by atoms with Gasteiger partial charge in [0, 0.05) is 24.3 Å². The van der Waals surface area contributed by atoms with Crippen LogP contribution in [0.3, 0.4) is 0 Å². The number of methoxy groups -OCH3 is 1. The molecule has 2 atom stereocenters. The second kappa shape index (κ2) is 6.82.